The summed E-state index contributed by atoms with van der Waals surface area (Å²) < 4.78 is 24.7. The fraction of sp³-hybridized carbons (Fsp3) is 0.250. The van der Waals surface area contributed by atoms with Gasteiger partial charge in [-0.15, -0.1) is 0 Å². The molecule has 1 aromatic carbocycles. The second-order valence-electron chi connectivity index (χ2n) is 2.31. The van der Waals surface area contributed by atoms with E-state index < -0.39 is 11.0 Å². The van der Waals surface area contributed by atoms with Crippen molar-refractivity contribution in [3.63, 3.8) is 0 Å². The summed E-state index contributed by atoms with van der Waals surface area (Å²) in [4.78, 5) is 0. The van der Waals surface area contributed by atoms with E-state index in [1.807, 2.05) is 19.1 Å². The minimum atomic E-state index is -2.79. The predicted octanol–water partition coefficient (Wildman–Crippen LogP) is 1.15. The van der Waals surface area contributed by atoms with E-state index in [4.69, 9.17) is 0 Å². The van der Waals surface area contributed by atoms with Gasteiger partial charge in [0, 0.05) is 0 Å². The van der Waals surface area contributed by atoms with Crippen molar-refractivity contribution in [2.45, 2.75) is 13.3 Å². The molecule has 0 saturated heterocycles. The predicted molar refractivity (Wildman–Crippen MR) is 46.8 cm³/mol. The lowest BCUT2D eigenvalue weighted by atomic mass is 10.2. The van der Waals surface area contributed by atoms with Crippen molar-refractivity contribution in [3.8, 4) is 5.75 Å². The molecule has 4 heteroatoms. The molecule has 0 spiro atoms. The van der Waals surface area contributed by atoms with E-state index in [1.165, 1.54) is 0 Å². The maximum Gasteiger partial charge on any atom is 0.299 e. The number of thiol groups is 1. The molecule has 3 nitrogen and oxygen atoms in total. The maximum absolute atomic E-state index is 10.1. The van der Waals surface area contributed by atoms with E-state index in [2.05, 4.69) is 4.18 Å². The van der Waals surface area contributed by atoms with Gasteiger partial charge in [0.15, 0.2) is 0 Å². The van der Waals surface area contributed by atoms with E-state index in [0.29, 0.717) is 5.75 Å². The van der Waals surface area contributed by atoms with Crippen LogP contribution in [-0.4, -0.2) is 8.42 Å². The first kappa shape index (κ1) is 9.06. The topological polar surface area (TPSA) is 43.4 Å². The molecule has 0 bridgehead atoms. The largest absolute Gasteiger partial charge is 0.384 e. The molecule has 0 aliphatic carbocycles. The number of hydrogen-bond donors (Lipinski definition) is 1. The van der Waals surface area contributed by atoms with E-state index in [1.54, 1.807) is 12.1 Å². The van der Waals surface area contributed by atoms with Gasteiger partial charge in [-0.1, -0.05) is 19.1 Å². The van der Waals surface area contributed by atoms with Crippen LogP contribution in [0.4, 0.5) is 0 Å². The Morgan fingerprint density at radius 3 is 2.25 bits per heavy atom. The Morgan fingerprint density at radius 1 is 1.25 bits per heavy atom. The molecule has 0 N–H and O–H groups in total. The lowest BCUT2D eigenvalue weighted by Gasteiger charge is -1.98. The highest BCUT2D eigenvalue weighted by Gasteiger charge is 1.93. The zero-order valence-electron chi connectivity index (χ0n) is 6.69. The molecule has 1 aromatic rings. The summed E-state index contributed by atoms with van der Waals surface area (Å²) in [6, 6.07) is 6.97. The quantitative estimate of drug-likeness (QED) is 0.720. The van der Waals surface area contributed by atoms with Gasteiger partial charge < -0.3 is 4.18 Å². The summed E-state index contributed by atoms with van der Waals surface area (Å²) in [6.07, 6.45) is 0.934. The van der Waals surface area contributed by atoms with E-state index >= 15 is 0 Å². The average Bonchev–Trinajstić information content (AvgIpc) is 2.05. The molecule has 12 heavy (non-hydrogen) atoms. The van der Waals surface area contributed by atoms with Crippen LogP contribution in [-0.2, 0) is 17.4 Å². The molecule has 66 valence electrons. The molecule has 0 aromatic heterocycles. The normalized spacial score (nSPS) is 10.2. The van der Waals surface area contributed by atoms with E-state index in [-0.39, 0.29) is 0 Å². The van der Waals surface area contributed by atoms with Crippen molar-refractivity contribution >= 4 is 11.0 Å². The van der Waals surface area contributed by atoms with Crippen molar-refractivity contribution in [2.75, 3.05) is 0 Å². The average molecular weight is 186 g/mol. The van der Waals surface area contributed by atoms with Gasteiger partial charge in [-0.2, -0.15) is 8.42 Å². The molecule has 0 aliphatic heterocycles. The van der Waals surface area contributed by atoms with Crippen LogP contribution in [0, 0.1) is 0 Å². The Bertz CT molecular complexity index is 306. The third-order valence-electron chi connectivity index (χ3n) is 1.51. The molecule has 0 amide bonds. The van der Waals surface area contributed by atoms with Crippen LogP contribution in [0.15, 0.2) is 24.3 Å². The van der Waals surface area contributed by atoms with Gasteiger partial charge in [0.05, 0.1) is 0 Å². The molecular weight excluding hydrogens is 176 g/mol. The Labute approximate surface area is 73.1 Å². The number of hydrogen-bond acceptors (Lipinski definition) is 3. The first-order valence-corrected chi connectivity index (χ1v) is 4.73. The Hall–Kier alpha value is -1.03. The Kier molecular flexibility index (Phi) is 3.10. The van der Waals surface area contributed by atoms with Crippen LogP contribution in [0.25, 0.3) is 0 Å². The Morgan fingerprint density at radius 2 is 1.83 bits per heavy atom. The van der Waals surface area contributed by atoms with Gasteiger partial charge >= 0.3 is 0 Å². The van der Waals surface area contributed by atoms with Gasteiger partial charge in [0.25, 0.3) is 11.0 Å². The fourth-order valence-corrected chi connectivity index (χ4v) is 1.17. The van der Waals surface area contributed by atoms with Crippen molar-refractivity contribution in [1.82, 2.24) is 0 Å². The SMILES string of the molecule is CCc1ccc(O[SH](=O)=O)cc1. The van der Waals surface area contributed by atoms with Crippen molar-refractivity contribution in [3.05, 3.63) is 29.8 Å². The summed E-state index contributed by atoms with van der Waals surface area (Å²) in [5.41, 5.74) is 1.16. The number of benzene rings is 1. The second-order valence-corrected chi connectivity index (χ2v) is 2.94. The van der Waals surface area contributed by atoms with Crippen LogP contribution in [0.1, 0.15) is 12.5 Å². The minimum Gasteiger partial charge on any atom is -0.384 e. The highest BCUT2D eigenvalue weighted by molar-refractivity contribution is 7.67. The molecule has 0 unspecified atom stereocenters. The van der Waals surface area contributed by atoms with Crippen molar-refractivity contribution in [1.29, 1.82) is 0 Å². The zero-order chi connectivity index (χ0) is 8.97. The molecule has 0 atom stereocenters. The van der Waals surface area contributed by atoms with Crippen molar-refractivity contribution in [2.24, 2.45) is 0 Å². The van der Waals surface area contributed by atoms with Crippen LogP contribution in [0.3, 0.4) is 0 Å². The smallest absolute Gasteiger partial charge is 0.299 e. The van der Waals surface area contributed by atoms with E-state index in [0.717, 1.165) is 12.0 Å². The van der Waals surface area contributed by atoms with Crippen LogP contribution >= 0.6 is 0 Å². The summed E-state index contributed by atoms with van der Waals surface area (Å²) in [7, 11) is -2.79. The van der Waals surface area contributed by atoms with Gasteiger partial charge in [-0.25, -0.2) is 0 Å². The molecular formula is C8H10O3S. The first-order valence-electron chi connectivity index (χ1n) is 3.63. The summed E-state index contributed by atoms with van der Waals surface area (Å²) >= 11 is 0. The van der Waals surface area contributed by atoms with Gasteiger partial charge in [-0.3, -0.25) is 0 Å². The molecule has 0 aliphatic rings. The molecule has 0 heterocycles. The first-order chi connectivity index (χ1) is 5.72. The number of aryl methyl sites for hydroxylation is 1. The molecule has 1 rings (SSSR count). The second kappa shape index (κ2) is 4.11. The third kappa shape index (κ3) is 2.54. The lowest BCUT2D eigenvalue weighted by molar-refractivity contribution is 0.510. The highest BCUT2D eigenvalue weighted by Crippen LogP contribution is 2.12. The van der Waals surface area contributed by atoms with E-state index in [9.17, 15) is 8.42 Å². The van der Waals surface area contributed by atoms with Gasteiger partial charge in [0.1, 0.15) is 5.75 Å². The van der Waals surface area contributed by atoms with Crippen LogP contribution in [0.2, 0.25) is 0 Å². The molecule has 0 saturated carbocycles. The highest BCUT2D eigenvalue weighted by atomic mass is 32.2. The monoisotopic (exact) mass is 186 g/mol. The standard InChI is InChI=1S/C8H10O3S/c1-2-7-3-5-8(6-4-7)11-12(9)10/h3-6,12H,2H2,1H3. The summed E-state index contributed by atoms with van der Waals surface area (Å²) in [5, 5.41) is 0. The summed E-state index contributed by atoms with van der Waals surface area (Å²) in [6.45, 7) is 2.03. The Balaban J connectivity index is 2.77. The van der Waals surface area contributed by atoms with Crippen LogP contribution in [0.5, 0.6) is 5.75 Å². The molecule has 0 fully saturated rings. The third-order valence-corrected chi connectivity index (χ3v) is 1.87. The molecule has 0 radical (unpaired) electrons. The van der Waals surface area contributed by atoms with Crippen LogP contribution < -0.4 is 4.18 Å². The lowest BCUT2D eigenvalue weighted by Crippen LogP contribution is -1.89. The zero-order valence-corrected chi connectivity index (χ0v) is 7.58. The fourth-order valence-electron chi connectivity index (χ4n) is 0.872. The van der Waals surface area contributed by atoms with Gasteiger partial charge in [-0.05, 0) is 24.1 Å². The maximum atomic E-state index is 10.1. The number of rotatable bonds is 3. The minimum absolute atomic E-state index is 0.364. The van der Waals surface area contributed by atoms with Crippen molar-refractivity contribution < 1.29 is 12.6 Å². The summed E-state index contributed by atoms with van der Waals surface area (Å²) in [5.74, 6) is 0.364. The van der Waals surface area contributed by atoms with Gasteiger partial charge in [0.2, 0.25) is 0 Å².